The molecule has 3 rings (SSSR count). The van der Waals surface area contributed by atoms with Gasteiger partial charge in [0, 0.05) is 30.4 Å². The number of carbonyl (C=O) groups excluding carboxylic acids is 1. The third-order valence-electron chi connectivity index (χ3n) is 3.91. The van der Waals surface area contributed by atoms with Crippen LogP contribution in [0, 0.1) is 0 Å². The van der Waals surface area contributed by atoms with E-state index < -0.39 is 15.9 Å². The molecular weight excluding hydrogens is 336 g/mol. The Morgan fingerprint density at radius 3 is 2.52 bits per heavy atom. The molecule has 6 heteroatoms. The van der Waals surface area contributed by atoms with Crippen molar-refractivity contribution < 1.29 is 13.2 Å². The molecule has 1 unspecified atom stereocenters. The van der Waals surface area contributed by atoms with Crippen molar-refractivity contribution in [2.75, 3.05) is 5.75 Å². The summed E-state index contributed by atoms with van der Waals surface area (Å²) in [5.41, 5.74) is 1.81. The van der Waals surface area contributed by atoms with Crippen molar-refractivity contribution in [1.29, 1.82) is 0 Å². The van der Waals surface area contributed by atoms with Crippen LogP contribution in [-0.2, 0) is 21.2 Å². The highest BCUT2D eigenvalue weighted by Gasteiger charge is 2.29. The minimum Gasteiger partial charge on any atom is -0.327 e. The van der Waals surface area contributed by atoms with Crippen LogP contribution in [0.25, 0.3) is 6.08 Å². The second-order valence-corrected chi connectivity index (χ2v) is 7.72. The van der Waals surface area contributed by atoms with Gasteiger partial charge in [0.05, 0.1) is 11.8 Å². The molecule has 5 nitrogen and oxygen atoms in total. The number of aromatic nitrogens is 1. The van der Waals surface area contributed by atoms with Crippen molar-refractivity contribution in [1.82, 2.24) is 9.88 Å². The third kappa shape index (κ3) is 4.64. The molecule has 128 valence electrons. The number of pyridine rings is 1. The predicted octanol–water partition coefficient (Wildman–Crippen LogP) is 2.43. The van der Waals surface area contributed by atoms with Crippen molar-refractivity contribution in [3.05, 3.63) is 83.5 Å². The Labute approximate surface area is 147 Å². The summed E-state index contributed by atoms with van der Waals surface area (Å²) < 4.78 is 23.5. The summed E-state index contributed by atoms with van der Waals surface area (Å²) in [6, 6.07) is 12.7. The van der Waals surface area contributed by atoms with E-state index in [0.717, 1.165) is 11.1 Å². The second kappa shape index (κ2) is 7.44. The molecule has 0 radical (unpaired) electrons. The minimum absolute atomic E-state index is 0.0804. The number of rotatable bonds is 5. The van der Waals surface area contributed by atoms with E-state index in [2.05, 4.69) is 4.98 Å². The number of hydrogen-bond acceptors (Lipinski definition) is 4. The Morgan fingerprint density at radius 1 is 1.16 bits per heavy atom. The number of amides is 1. The van der Waals surface area contributed by atoms with Crippen molar-refractivity contribution in [3.63, 3.8) is 0 Å². The molecule has 0 fully saturated rings. The first-order valence-electron chi connectivity index (χ1n) is 7.87. The lowest BCUT2D eigenvalue weighted by Crippen LogP contribution is -2.39. The quantitative estimate of drug-likeness (QED) is 0.774. The average Bonchev–Trinajstić information content (AvgIpc) is 2.99. The Hall–Kier alpha value is -2.73. The van der Waals surface area contributed by atoms with Gasteiger partial charge in [0.25, 0.3) is 0 Å². The zero-order chi connectivity index (χ0) is 17.7. The van der Waals surface area contributed by atoms with E-state index in [1.165, 1.54) is 11.5 Å². The summed E-state index contributed by atoms with van der Waals surface area (Å²) in [6.07, 6.45) is 8.09. The molecule has 0 bridgehead atoms. The summed E-state index contributed by atoms with van der Waals surface area (Å²) in [5, 5.41) is 1.19. The zero-order valence-electron chi connectivity index (χ0n) is 13.5. The maximum Gasteiger partial charge on any atom is 0.247 e. The molecule has 0 saturated heterocycles. The van der Waals surface area contributed by atoms with Crippen LogP contribution in [0.3, 0.4) is 0 Å². The van der Waals surface area contributed by atoms with E-state index in [9.17, 15) is 13.2 Å². The zero-order valence-corrected chi connectivity index (χ0v) is 14.3. The summed E-state index contributed by atoms with van der Waals surface area (Å²) in [7, 11) is -3.24. The Bertz CT molecular complexity index is 891. The van der Waals surface area contributed by atoms with E-state index in [1.807, 2.05) is 42.5 Å². The van der Waals surface area contributed by atoms with Crippen molar-refractivity contribution in [3.8, 4) is 0 Å². The van der Waals surface area contributed by atoms with Gasteiger partial charge >= 0.3 is 0 Å². The molecule has 2 heterocycles. The van der Waals surface area contributed by atoms with Gasteiger partial charge in [-0.1, -0.05) is 30.3 Å². The molecule has 1 aromatic carbocycles. The average molecular weight is 354 g/mol. The van der Waals surface area contributed by atoms with E-state index in [0.29, 0.717) is 6.54 Å². The molecule has 1 amide bonds. The number of benzene rings is 1. The van der Waals surface area contributed by atoms with E-state index in [1.54, 1.807) is 29.4 Å². The van der Waals surface area contributed by atoms with Crippen LogP contribution in [0.5, 0.6) is 0 Å². The highest BCUT2D eigenvalue weighted by atomic mass is 32.2. The molecule has 1 aliphatic rings. The van der Waals surface area contributed by atoms with Crippen LogP contribution < -0.4 is 0 Å². The lowest BCUT2D eigenvalue weighted by molar-refractivity contribution is -0.127. The number of sulfone groups is 1. The normalized spacial score (nSPS) is 18.5. The number of carbonyl (C=O) groups is 1. The van der Waals surface area contributed by atoms with Gasteiger partial charge in [0.2, 0.25) is 5.91 Å². The van der Waals surface area contributed by atoms with Gasteiger partial charge in [0.1, 0.15) is 0 Å². The highest BCUT2D eigenvalue weighted by Crippen LogP contribution is 2.18. The van der Waals surface area contributed by atoms with Crippen LogP contribution in [0.1, 0.15) is 11.1 Å². The third-order valence-corrected chi connectivity index (χ3v) is 5.29. The number of hydrogen-bond donors (Lipinski definition) is 0. The molecule has 0 N–H and O–H groups in total. The van der Waals surface area contributed by atoms with Gasteiger partial charge in [-0.05, 0) is 35.4 Å². The van der Waals surface area contributed by atoms with Gasteiger partial charge in [0.15, 0.2) is 9.84 Å². The Balaban J connectivity index is 1.81. The molecule has 1 atom stereocenters. The maximum atomic E-state index is 12.7. The Kier molecular flexibility index (Phi) is 5.09. The first kappa shape index (κ1) is 17.1. The molecule has 2 aromatic rings. The topological polar surface area (TPSA) is 67.3 Å². The van der Waals surface area contributed by atoms with E-state index >= 15 is 0 Å². The predicted molar refractivity (Wildman–Crippen MR) is 97.0 cm³/mol. The van der Waals surface area contributed by atoms with Crippen molar-refractivity contribution in [2.45, 2.75) is 12.6 Å². The largest absolute Gasteiger partial charge is 0.327 e. The van der Waals surface area contributed by atoms with Crippen molar-refractivity contribution >= 4 is 21.8 Å². The van der Waals surface area contributed by atoms with Gasteiger partial charge in [-0.15, -0.1) is 0 Å². The van der Waals surface area contributed by atoms with Gasteiger partial charge in [-0.2, -0.15) is 0 Å². The molecule has 0 saturated carbocycles. The standard InChI is InChI=1S/C19H18N2O3S/c22-19(7-6-16-4-2-1-3-5-16)21(14-17-8-11-20-12-9-17)18-10-13-25(23,24)15-18/h1-13,18H,14-15H2/b7-6+. The van der Waals surface area contributed by atoms with E-state index in [4.69, 9.17) is 0 Å². The highest BCUT2D eigenvalue weighted by molar-refractivity contribution is 7.94. The van der Waals surface area contributed by atoms with Crippen LogP contribution in [-0.4, -0.2) is 36.0 Å². The molecular formula is C19H18N2O3S. The molecule has 25 heavy (non-hydrogen) atoms. The summed E-state index contributed by atoms with van der Waals surface area (Å²) in [4.78, 5) is 18.2. The molecule has 0 spiro atoms. The van der Waals surface area contributed by atoms with Crippen molar-refractivity contribution in [2.24, 2.45) is 0 Å². The fourth-order valence-corrected chi connectivity index (χ4v) is 3.92. The fraction of sp³-hybridized carbons (Fsp3) is 0.158. The van der Waals surface area contributed by atoms with Gasteiger partial charge < -0.3 is 4.90 Å². The molecule has 1 aromatic heterocycles. The molecule has 1 aliphatic heterocycles. The smallest absolute Gasteiger partial charge is 0.247 e. The van der Waals surface area contributed by atoms with Gasteiger partial charge in [-0.25, -0.2) is 8.42 Å². The summed E-state index contributed by atoms with van der Waals surface area (Å²) >= 11 is 0. The van der Waals surface area contributed by atoms with Crippen LogP contribution in [0.15, 0.2) is 72.4 Å². The fourth-order valence-electron chi connectivity index (χ4n) is 2.62. The van der Waals surface area contributed by atoms with Crippen LogP contribution in [0.4, 0.5) is 0 Å². The monoisotopic (exact) mass is 354 g/mol. The first-order valence-corrected chi connectivity index (χ1v) is 9.59. The number of nitrogens with zero attached hydrogens (tertiary/aromatic N) is 2. The second-order valence-electron chi connectivity index (χ2n) is 5.79. The van der Waals surface area contributed by atoms with Crippen LogP contribution in [0.2, 0.25) is 0 Å². The first-order chi connectivity index (χ1) is 12.0. The summed E-state index contributed by atoms with van der Waals surface area (Å²) in [5.74, 6) is -0.310. The SMILES string of the molecule is O=C(/C=C/c1ccccc1)N(Cc1ccncc1)C1C=CS(=O)(=O)C1. The lowest BCUT2D eigenvalue weighted by atomic mass is 10.1. The summed E-state index contributed by atoms with van der Waals surface area (Å²) in [6.45, 7) is 0.324. The van der Waals surface area contributed by atoms with Gasteiger partial charge in [-0.3, -0.25) is 9.78 Å². The lowest BCUT2D eigenvalue weighted by Gasteiger charge is -2.26. The Morgan fingerprint density at radius 2 is 1.88 bits per heavy atom. The van der Waals surface area contributed by atoms with Crippen LogP contribution >= 0.6 is 0 Å². The maximum absolute atomic E-state index is 12.7. The van der Waals surface area contributed by atoms with E-state index in [-0.39, 0.29) is 11.7 Å². The molecule has 0 aliphatic carbocycles. The minimum atomic E-state index is -3.24.